The van der Waals surface area contributed by atoms with Crippen LogP contribution in [0.5, 0.6) is 0 Å². The molecule has 2 rings (SSSR count). The molecule has 1 aromatic heterocycles. The van der Waals surface area contributed by atoms with E-state index in [1.54, 1.807) is 37.4 Å². The lowest BCUT2D eigenvalue weighted by atomic mass is 10.3. The molecule has 0 spiro atoms. The van der Waals surface area contributed by atoms with Crippen LogP contribution in [0.25, 0.3) is 0 Å². The lowest BCUT2D eigenvalue weighted by Crippen LogP contribution is -2.26. The number of rotatable bonds is 4. The second-order valence-electron chi connectivity index (χ2n) is 4.38. The van der Waals surface area contributed by atoms with Crippen molar-refractivity contribution in [2.45, 2.75) is 11.4 Å². The summed E-state index contributed by atoms with van der Waals surface area (Å²) in [5, 5.41) is 1.90. The molecule has 2 N–H and O–H groups in total. The van der Waals surface area contributed by atoms with Crippen LogP contribution in [0.15, 0.2) is 46.7 Å². The van der Waals surface area contributed by atoms with E-state index in [0.717, 1.165) is 10.4 Å². The van der Waals surface area contributed by atoms with Gasteiger partial charge in [-0.1, -0.05) is 30.0 Å². The van der Waals surface area contributed by atoms with Gasteiger partial charge in [-0.2, -0.15) is 4.31 Å². The smallest absolute Gasteiger partial charge is 0.243 e. The zero-order valence-electron chi connectivity index (χ0n) is 11.6. The van der Waals surface area contributed by atoms with Crippen molar-refractivity contribution in [1.82, 2.24) is 4.31 Å². The van der Waals surface area contributed by atoms with Gasteiger partial charge in [-0.15, -0.1) is 11.3 Å². The van der Waals surface area contributed by atoms with Crippen LogP contribution in [0, 0.1) is 11.8 Å². The van der Waals surface area contributed by atoms with E-state index in [-0.39, 0.29) is 0 Å². The summed E-state index contributed by atoms with van der Waals surface area (Å²) >= 11 is 1.49. The molecule has 0 amide bonds. The summed E-state index contributed by atoms with van der Waals surface area (Å²) in [7, 11) is -1.88. The first-order valence-corrected chi connectivity index (χ1v) is 8.64. The lowest BCUT2D eigenvalue weighted by molar-refractivity contribution is 0.469. The van der Waals surface area contributed by atoms with Crippen molar-refractivity contribution in [3.05, 3.63) is 52.2 Å². The Hall–Kier alpha value is -1.65. The summed E-state index contributed by atoms with van der Waals surface area (Å²) in [6, 6.07) is 10.3. The number of sulfonamides is 1. The van der Waals surface area contributed by atoms with Crippen molar-refractivity contribution in [2.75, 3.05) is 13.6 Å². The summed E-state index contributed by atoms with van der Waals surface area (Å²) < 4.78 is 26.1. The first-order chi connectivity index (χ1) is 10.0. The fourth-order valence-electron chi connectivity index (χ4n) is 1.76. The second-order valence-corrected chi connectivity index (χ2v) is 7.42. The Morgan fingerprint density at radius 2 is 2.00 bits per heavy atom. The molecule has 0 saturated carbocycles. The van der Waals surface area contributed by atoms with Gasteiger partial charge in [-0.05, 0) is 18.2 Å². The molecular formula is C15H16N2O2S2. The van der Waals surface area contributed by atoms with Gasteiger partial charge in [0, 0.05) is 29.4 Å². The zero-order chi connectivity index (χ0) is 15.3. The molecule has 4 nitrogen and oxygen atoms in total. The molecule has 6 heteroatoms. The van der Waals surface area contributed by atoms with Crippen LogP contribution in [0.4, 0.5) is 0 Å². The fourth-order valence-corrected chi connectivity index (χ4v) is 3.88. The molecule has 0 fully saturated rings. The van der Waals surface area contributed by atoms with Crippen molar-refractivity contribution in [1.29, 1.82) is 0 Å². The van der Waals surface area contributed by atoms with E-state index >= 15 is 0 Å². The highest BCUT2D eigenvalue weighted by atomic mass is 32.2. The molecule has 0 unspecified atom stereocenters. The predicted octanol–water partition coefficient (Wildman–Crippen LogP) is 1.88. The Morgan fingerprint density at radius 3 is 2.67 bits per heavy atom. The third kappa shape index (κ3) is 3.93. The highest BCUT2D eigenvalue weighted by molar-refractivity contribution is 7.89. The molecule has 1 aromatic carbocycles. The Labute approximate surface area is 129 Å². The van der Waals surface area contributed by atoms with E-state index in [4.69, 9.17) is 5.73 Å². The average Bonchev–Trinajstić information content (AvgIpc) is 2.93. The Morgan fingerprint density at radius 1 is 1.29 bits per heavy atom. The quantitative estimate of drug-likeness (QED) is 0.875. The van der Waals surface area contributed by atoms with Gasteiger partial charge < -0.3 is 5.73 Å². The van der Waals surface area contributed by atoms with Gasteiger partial charge in [0.1, 0.15) is 0 Å². The molecule has 1 heterocycles. The van der Waals surface area contributed by atoms with Crippen LogP contribution in [-0.2, 0) is 16.6 Å². The van der Waals surface area contributed by atoms with E-state index in [1.165, 1.54) is 15.6 Å². The van der Waals surface area contributed by atoms with Crippen LogP contribution in [0.1, 0.15) is 10.4 Å². The molecule has 0 aliphatic heterocycles. The number of hydrogen-bond acceptors (Lipinski definition) is 4. The van der Waals surface area contributed by atoms with Crippen LogP contribution < -0.4 is 5.73 Å². The molecule has 110 valence electrons. The van der Waals surface area contributed by atoms with Crippen LogP contribution in [-0.4, -0.2) is 26.3 Å². The van der Waals surface area contributed by atoms with Gasteiger partial charge in [-0.25, -0.2) is 8.42 Å². The van der Waals surface area contributed by atoms with Crippen LogP contribution in [0.2, 0.25) is 0 Å². The summed E-state index contributed by atoms with van der Waals surface area (Å²) in [6.07, 6.45) is 0. The standard InChI is InChI=1S/C15H16N2O2S2/c1-17(21(18,19)15-7-3-2-4-8-15)11-14-10-13(12-20-14)6-5-9-16/h2-4,7-8,10,12H,9,11,16H2,1H3. The van der Waals surface area contributed by atoms with Gasteiger partial charge >= 0.3 is 0 Å². The van der Waals surface area contributed by atoms with Crippen molar-refractivity contribution in [2.24, 2.45) is 5.73 Å². The van der Waals surface area contributed by atoms with Crippen LogP contribution >= 0.6 is 11.3 Å². The normalized spacial score (nSPS) is 11.2. The number of benzene rings is 1. The Balaban J connectivity index is 2.14. The van der Waals surface area contributed by atoms with E-state index in [1.807, 2.05) is 11.4 Å². The highest BCUT2D eigenvalue weighted by Gasteiger charge is 2.20. The first kappa shape index (κ1) is 15.7. The van der Waals surface area contributed by atoms with Crippen LogP contribution in [0.3, 0.4) is 0 Å². The van der Waals surface area contributed by atoms with Gasteiger partial charge in [0.2, 0.25) is 10.0 Å². The van der Waals surface area contributed by atoms with Gasteiger partial charge in [0.05, 0.1) is 11.4 Å². The van der Waals surface area contributed by atoms with E-state index < -0.39 is 10.0 Å². The number of hydrogen-bond donors (Lipinski definition) is 1. The fraction of sp³-hybridized carbons (Fsp3) is 0.200. The van der Waals surface area contributed by atoms with E-state index in [2.05, 4.69) is 11.8 Å². The third-order valence-electron chi connectivity index (χ3n) is 2.82. The summed E-state index contributed by atoms with van der Waals surface area (Å²) in [4.78, 5) is 1.24. The van der Waals surface area contributed by atoms with E-state index in [0.29, 0.717) is 18.0 Å². The molecule has 0 bridgehead atoms. The second kappa shape index (κ2) is 6.87. The summed E-state index contributed by atoms with van der Waals surface area (Å²) in [5.74, 6) is 5.72. The minimum atomic E-state index is -3.46. The van der Waals surface area contributed by atoms with Gasteiger partial charge in [0.15, 0.2) is 0 Å². The SMILES string of the molecule is CN(Cc1cc(C#CCN)cs1)S(=O)(=O)c1ccccc1. The van der Waals surface area contributed by atoms with E-state index in [9.17, 15) is 8.42 Å². The molecule has 0 atom stereocenters. The number of nitrogens with zero attached hydrogens (tertiary/aromatic N) is 1. The molecule has 0 saturated heterocycles. The van der Waals surface area contributed by atoms with Crippen molar-refractivity contribution in [3.8, 4) is 11.8 Å². The maximum absolute atomic E-state index is 12.4. The van der Waals surface area contributed by atoms with Crippen molar-refractivity contribution >= 4 is 21.4 Å². The first-order valence-electron chi connectivity index (χ1n) is 6.32. The third-order valence-corrected chi connectivity index (χ3v) is 5.56. The number of thiophene rings is 1. The predicted molar refractivity (Wildman–Crippen MR) is 85.3 cm³/mol. The molecular weight excluding hydrogens is 304 g/mol. The molecule has 0 aliphatic rings. The topological polar surface area (TPSA) is 63.4 Å². The van der Waals surface area contributed by atoms with Gasteiger partial charge in [-0.3, -0.25) is 0 Å². The molecule has 0 radical (unpaired) electrons. The Kier molecular flexibility index (Phi) is 5.15. The summed E-state index contributed by atoms with van der Waals surface area (Å²) in [6.45, 7) is 0.639. The average molecular weight is 320 g/mol. The molecule has 2 aromatic rings. The minimum absolute atomic E-state index is 0.298. The summed E-state index contributed by atoms with van der Waals surface area (Å²) in [5.41, 5.74) is 6.19. The Bertz CT molecular complexity index is 756. The largest absolute Gasteiger partial charge is 0.320 e. The highest BCUT2D eigenvalue weighted by Crippen LogP contribution is 2.20. The molecule has 0 aliphatic carbocycles. The minimum Gasteiger partial charge on any atom is -0.320 e. The monoisotopic (exact) mass is 320 g/mol. The zero-order valence-corrected chi connectivity index (χ0v) is 13.2. The maximum Gasteiger partial charge on any atom is 0.243 e. The van der Waals surface area contributed by atoms with Crippen molar-refractivity contribution < 1.29 is 8.42 Å². The number of nitrogens with two attached hydrogens (primary N) is 1. The molecule has 21 heavy (non-hydrogen) atoms. The van der Waals surface area contributed by atoms with Gasteiger partial charge in [0.25, 0.3) is 0 Å². The van der Waals surface area contributed by atoms with Crippen molar-refractivity contribution in [3.63, 3.8) is 0 Å². The lowest BCUT2D eigenvalue weighted by Gasteiger charge is -2.16. The maximum atomic E-state index is 12.4.